The van der Waals surface area contributed by atoms with Gasteiger partial charge in [-0.15, -0.1) is 5.10 Å². The standard InChI is InChI=1S/C27H29N5O4/c1-2-15-30-25(35)21-14-13-19(24(34)28-20-11-7-4-8-12-20)16-22(21)32-26(30)29-31(27(32)36)17-23(33)18-9-5-3-6-10-18/h3,5-6,9-10,13-14,16,20H,2,4,7-8,11-12,15,17H2,1H3,(H,28,34). The molecule has 1 fully saturated rings. The molecule has 4 aromatic rings. The first-order valence-corrected chi connectivity index (χ1v) is 12.5. The summed E-state index contributed by atoms with van der Waals surface area (Å²) in [5, 5.41) is 7.79. The second-order valence-electron chi connectivity index (χ2n) is 9.36. The van der Waals surface area contributed by atoms with Crippen LogP contribution in [0.1, 0.15) is 66.2 Å². The molecule has 9 nitrogen and oxygen atoms in total. The Labute approximate surface area is 207 Å². The highest BCUT2D eigenvalue weighted by molar-refractivity contribution is 5.98. The van der Waals surface area contributed by atoms with Crippen LogP contribution in [-0.4, -0.2) is 36.5 Å². The average Bonchev–Trinajstić information content (AvgIpc) is 3.22. The molecule has 5 rings (SSSR count). The minimum atomic E-state index is -0.533. The Balaban J connectivity index is 1.61. The zero-order valence-corrected chi connectivity index (χ0v) is 20.3. The van der Waals surface area contributed by atoms with Gasteiger partial charge in [-0.3, -0.25) is 19.0 Å². The molecule has 2 aromatic carbocycles. The SMILES string of the molecule is CCCn1c(=O)c2ccc(C(=O)NC3CCCCC3)cc2n2c(=O)n(CC(=O)c3ccccc3)nc12. The van der Waals surface area contributed by atoms with Crippen molar-refractivity contribution >= 4 is 28.4 Å². The maximum Gasteiger partial charge on any atom is 0.352 e. The molecule has 0 spiro atoms. The molecule has 0 unspecified atom stereocenters. The van der Waals surface area contributed by atoms with Crippen molar-refractivity contribution in [2.24, 2.45) is 0 Å². The molecule has 2 aromatic heterocycles. The molecule has 1 amide bonds. The van der Waals surface area contributed by atoms with Crippen LogP contribution < -0.4 is 16.6 Å². The Morgan fingerprint density at radius 2 is 1.75 bits per heavy atom. The maximum atomic E-state index is 13.5. The van der Waals surface area contributed by atoms with E-state index in [1.807, 2.05) is 13.0 Å². The zero-order chi connectivity index (χ0) is 25.2. The number of carbonyl (C=O) groups excluding carboxylic acids is 2. The first kappa shape index (κ1) is 23.7. The summed E-state index contributed by atoms with van der Waals surface area (Å²) >= 11 is 0. The fraction of sp³-hybridized carbons (Fsp3) is 0.370. The third-order valence-corrected chi connectivity index (χ3v) is 6.82. The van der Waals surface area contributed by atoms with Gasteiger partial charge in [0.15, 0.2) is 5.78 Å². The highest BCUT2D eigenvalue weighted by atomic mass is 16.2. The molecular formula is C27H29N5O4. The van der Waals surface area contributed by atoms with Gasteiger partial charge in [0.2, 0.25) is 5.78 Å². The largest absolute Gasteiger partial charge is 0.352 e. The van der Waals surface area contributed by atoms with Gasteiger partial charge in [0.25, 0.3) is 11.5 Å². The Morgan fingerprint density at radius 1 is 1.00 bits per heavy atom. The maximum absolute atomic E-state index is 13.5. The normalized spacial score (nSPS) is 14.4. The minimum Gasteiger partial charge on any atom is -0.349 e. The molecule has 1 saturated carbocycles. The van der Waals surface area contributed by atoms with Crippen LogP contribution in [0.2, 0.25) is 0 Å². The van der Waals surface area contributed by atoms with Gasteiger partial charge in [0, 0.05) is 23.7 Å². The summed E-state index contributed by atoms with van der Waals surface area (Å²) in [6.45, 7) is 2.04. The Kier molecular flexibility index (Phi) is 6.54. The van der Waals surface area contributed by atoms with Gasteiger partial charge < -0.3 is 5.32 Å². The van der Waals surface area contributed by atoms with Crippen molar-refractivity contribution in [3.8, 4) is 0 Å². The number of ketones is 1. The van der Waals surface area contributed by atoms with Gasteiger partial charge in [0.1, 0.15) is 6.54 Å². The molecule has 1 aliphatic rings. The summed E-state index contributed by atoms with van der Waals surface area (Å²) in [5.74, 6) is -0.332. The number of hydrogen-bond donors (Lipinski definition) is 1. The molecule has 0 radical (unpaired) electrons. The summed E-state index contributed by atoms with van der Waals surface area (Å²) < 4.78 is 3.88. The van der Waals surface area contributed by atoms with Crippen LogP contribution in [-0.2, 0) is 13.1 Å². The van der Waals surface area contributed by atoms with E-state index in [1.54, 1.807) is 42.5 Å². The lowest BCUT2D eigenvalue weighted by Crippen LogP contribution is -2.36. The van der Waals surface area contributed by atoms with Crippen molar-refractivity contribution in [3.05, 3.63) is 80.5 Å². The Morgan fingerprint density at radius 3 is 2.47 bits per heavy atom. The molecule has 0 saturated heterocycles. The highest BCUT2D eigenvalue weighted by Crippen LogP contribution is 2.19. The number of Topliss-reactive ketones (excluding diaryl/α,β-unsaturated/α-hetero) is 1. The van der Waals surface area contributed by atoms with Crippen molar-refractivity contribution in [1.82, 2.24) is 24.1 Å². The summed E-state index contributed by atoms with van der Waals surface area (Å²) in [7, 11) is 0. The van der Waals surface area contributed by atoms with E-state index >= 15 is 0 Å². The van der Waals surface area contributed by atoms with Crippen LogP contribution in [0.3, 0.4) is 0 Å². The average molecular weight is 488 g/mol. The highest BCUT2D eigenvalue weighted by Gasteiger charge is 2.21. The van der Waals surface area contributed by atoms with E-state index in [9.17, 15) is 19.2 Å². The number of nitrogens with zero attached hydrogens (tertiary/aromatic N) is 4. The van der Waals surface area contributed by atoms with Crippen molar-refractivity contribution in [2.45, 2.75) is 64.6 Å². The zero-order valence-electron chi connectivity index (χ0n) is 20.3. The lowest BCUT2D eigenvalue weighted by atomic mass is 9.95. The predicted molar refractivity (Wildman–Crippen MR) is 137 cm³/mol. The number of rotatable bonds is 7. The topological polar surface area (TPSA) is 107 Å². The number of benzene rings is 2. The Bertz CT molecular complexity index is 1560. The number of hydrogen-bond acceptors (Lipinski definition) is 5. The van der Waals surface area contributed by atoms with E-state index in [0.29, 0.717) is 35.0 Å². The van der Waals surface area contributed by atoms with Crippen LogP contribution in [0.15, 0.2) is 58.1 Å². The molecule has 186 valence electrons. The number of aromatic nitrogens is 4. The molecule has 1 N–H and O–H groups in total. The number of carbonyl (C=O) groups is 2. The Hall–Kier alpha value is -4.01. The number of fused-ring (bicyclic) bond motifs is 3. The molecule has 0 atom stereocenters. The summed E-state index contributed by atoms with van der Waals surface area (Å²) in [6.07, 6.45) is 5.93. The lowest BCUT2D eigenvalue weighted by Gasteiger charge is -2.22. The lowest BCUT2D eigenvalue weighted by molar-refractivity contribution is 0.0926. The molecule has 2 heterocycles. The van der Waals surface area contributed by atoms with Crippen molar-refractivity contribution < 1.29 is 9.59 Å². The van der Waals surface area contributed by atoms with Gasteiger partial charge in [-0.2, -0.15) is 0 Å². The first-order valence-electron chi connectivity index (χ1n) is 12.5. The third-order valence-electron chi connectivity index (χ3n) is 6.82. The van der Waals surface area contributed by atoms with Crippen LogP contribution in [0.25, 0.3) is 16.7 Å². The van der Waals surface area contributed by atoms with E-state index in [4.69, 9.17) is 0 Å². The van der Waals surface area contributed by atoms with Crippen LogP contribution in [0.5, 0.6) is 0 Å². The van der Waals surface area contributed by atoms with Gasteiger partial charge in [0.05, 0.1) is 10.9 Å². The smallest absolute Gasteiger partial charge is 0.349 e. The second-order valence-corrected chi connectivity index (χ2v) is 9.36. The van der Waals surface area contributed by atoms with E-state index in [0.717, 1.165) is 30.4 Å². The molecular weight excluding hydrogens is 458 g/mol. The third kappa shape index (κ3) is 4.36. The van der Waals surface area contributed by atoms with E-state index in [2.05, 4.69) is 10.4 Å². The number of amides is 1. The number of aryl methyl sites for hydroxylation is 1. The quantitative estimate of drug-likeness (QED) is 0.403. The van der Waals surface area contributed by atoms with Crippen LogP contribution >= 0.6 is 0 Å². The minimum absolute atomic E-state index is 0.133. The van der Waals surface area contributed by atoms with E-state index in [-0.39, 0.29) is 35.6 Å². The molecule has 0 bridgehead atoms. The summed E-state index contributed by atoms with van der Waals surface area (Å²) in [6, 6.07) is 13.6. The van der Waals surface area contributed by atoms with Gasteiger partial charge in [-0.25, -0.2) is 13.9 Å². The predicted octanol–water partition coefficient (Wildman–Crippen LogP) is 3.17. The van der Waals surface area contributed by atoms with E-state index < -0.39 is 5.69 Å². The van der Waals surface area contributed by atoms with Crippen molar-refractivity contribution in [1.29, 1.82) is 0 Å². The fourth-order valence-corrected chi connectivity index (χ4v) is 4.95. The fourth-order valence-electron chi connectivity index (χ4n) is 4.95. The summed E-state index contributed by atoms with van der Waals surface area (Å²) in [5.41, 5.74) is 0.335. The van der Waals surface area contributed by atoms with Gasteiger partial charge in [-0.05, 0) is 37.5 Å². The van der Waals surface area contributed by atoms with Crippen LogP contribution in [0.4, 0.5) is 0 Å². The van der Waals surface area contributed by atoms with Crippen LogP contribution in [0, 0.1) is 0 Å². The molecule has 9 heteroatoms. The monoisotopic (exact) mass is 487 g/mol. The second kappa shape index (κ2) is 9.93. The summed E-state index contributed by atoms with van der Waals surface area (Å²) in [4.78, 5) is 52.6. The van der Waals surface area contributed by atoms with Crippen molar-refractivity contribution in [2.75, 3.05) is 0 Å². The number of nitrogens with one attached hydrogen (secondary N) is 1. The molecule has 36 heavy (non-hydrogen) atoms. The van der Waals surface area contributed by atoms with Gasteiger partial charge in [-0.1, -0.05) is 56.5 Å². The van der Waals surface area contributed by atoms with E-state index in [1.165, 1.54) is 15.4 Å². The molecule has 1 aliphatic carbocycles. The van der Waals surface area contributed by atoms with Crippen molar-refractivity contribution in [3.63, 3.8) is 0 Å². The first-order chi connectivity index (χ1) is 17.5. The van der Waals surface area contributed by atoms with Gasteiger partial charge >= 0.3 is 5.69 Å². The molecule has 0 aliphatic heterocycles.